The third kappa shape index (κ3) is 3.44. The van der Waals surface area contributed by atoms with Crippen LogP contribution in [0.4, 0.5) is 5.69 Å². The molecule has 0 fully saturated rings. The summed E-state index contributed by atoms with van der Waals surface area (Å²) in [6.45, 7) is 3.78. The minimum absolute atomic E-state index is 0.0432. The van der Waals surface area contributed by atoms with Crippen LogP contribution in [0.1, 0.15) is 13.8 Å². The lowest BCUT2D eigenvalue weighted by Gasteiger charge is -2.12. The summed E-state index contributed by atoms with van der Waals surface area (Å²) in [5, 5.41) is 11.2. The molecular weight excluding hydrogens is 356 g/mol. The van der Waals surface area contributed by atoms with E-state index in [9.17, 15) is 10.1 Å². The van der Waals surface area contributed by atoms with Crippen LogP contribution in [-0.4, -0.2) is 16.0 Å². The number of benzene rings is 3. The van der Waals surface area contributed by atoms with E-state index in [2.05, 4.69) is 4.98 Å². The zero-order valence-electron chi connectivity index (χ0n) is 15.5. The molecular formula is C22H18N2O4. The van der Waals surface area contributed by atoms with Crippen LogP contribution in [0.2, 0.25) is 0 Å². The summed E-state index contributed by atoms with van der Waals surface area (Å²) < 4.78 is 11.7. The molecule has 0 saturated carbocycles. The SMILES string of the molecule is CC(C)Oc1ccc([N+](=O)[O-])cc1-c1nc2cc(-c3ccccc3)ccc2o1. The van der Waals surface area contributed by atoms with E-state index in [1.54, 1.807) is 6.07 Å². The summed E-state index contributed by atoms with van der Waals surface area (Å²) in [5.41, 5.74) is 3.80. The maximum absolute atomic E-state index is 11.2. The molecule has 3 aromatic carbocycles. The van der Waals surface area contributed by atoms with E-state index in [4.69, 9.17) is 9.15 Å². The van der Waals surface area contributed by atoms with E-state index in [1.807, 2.05) is 62.4 Å². The molecule has 0 saturated heterocycles. The van der Waals surface area contributed by atoms with Crippen molar-refractivity contribution >= 4 is 16.8 Å². The molecule has 0 unspecified atom stereocenters. The molecule has 0 aliphatic carbocycles. The number of non-ortho nitro benzene ring substituents is 1. The van der Waals surface area contributed by atoms with Crippen LogP contribution < -0.4 is 4.74 Å². The van der Waals surface area contributed by atoms with E-state index < -0.39 is 4.92 Å². The van der Waals surface area contributed by atoms with Crippen LogP contribution in [0.15, 0.2) is 71.1 Å². The van der Waals surface area contributed by atoms with Crippen molar-refractivity contribution in [3.05, 3.63) is 76.8 Å². The lowest BCUT2D eigenvalue weighted by Crippen LogP contribution is -2.06. The van der Waals surface area contributed by atoms with E-state index in [0.29, 0.717) is 28.3 Å². The first-order chi connectivity index (χ1) is 13.5. The Morgan fingerprint density at radius 2 is 1.79 bits per heavy atom. The molecule has 0 radical (unpaired) electrons. The third-order valence-corrected chi connectivity index (χ3v) is 4.26. The van der Waals surface area contributed by atoms with Gasteiger partial charge in [-0.15, -0.1) is 0 Å². The number of nitrogens with zero attached hydrogens (tertiary/aromatic N) is 2. The first-order valence-corrected chi connectivity index (χ1v) is 8.93. The van der Waals surface area contributed by atoms with Gasteiger partial charge in [-0.1, -0.05) is 36.4 Å². The summed E-state index contributed by atoms with van der Waals surface area (Å²) >= 11 is 0. The van der Waals surface area contributed by atoms with Gasteiger partial charge in [0.05, 0.1) is 16.6 Å². The lowest BCUT2D eigenvalue weighted by molar-refractivity contribution is -0.384. The Balaban J connectivity index is 1.82. The predicted octanol–water partition coefficient (Wildman–Crippen LogP) is 5.86. The van der Waals surface area contributed by atoms with Crippen molar-refractivity contribution in [1.29, 1.82) is 0 Å². The number of fused-ring (bicyclic) bond motifs is 1. The molecule has 0 atom stereocenters. The van der Waals surface area contributed by atoms with E-state index in [0.717, 1.165) is 11.1 Å². The van der Waals surface area contributed by atoms with Crippen LogP contribution >= 0.6 is 0 Å². The summed E-state index contributed by atoms with van der Waals surface area (Å²) in [5.74, 6) is 0.787. The van der Waals surface area contributed by atoms with Gasteiger partial charge in [0, 0.05) is 12.1 Å². The number of hydrogen-bond acceptors (Lipinski definition) is 5. The van der Waals surface area contributed by atoms with Crippen molar-refractivity contribution in [1.82, 2.24) is 4.98 Å². The molecule has 1 heterocycles. The van der Waals surface area contributed by atoms with Gasteiger partial charge in [-0.3, -0.25) is 10.1 Å². The Morgan fingerprint density at radius 1 is 1.00 bits per heavy atom. The molecule has 6 heteroatoms. The second kappa shape index (κ2) is 7.15. The van der Waals surface area contributed by atoms with E-state index in [-0.39, 0.29) is 11.8 Å². The largest absolute Gasteiger partial charge is 0.490 e. The highest BCUT2D eigenvalue weighted by atomic mass is 16.6. The molecule has 140 valence electrons. The van der Waals surface area contributed by atoms with Crippen molar-refractivity contribution in [3.8, 4) is 28.3 Å². The standard InChI is InChI=1S/C22H18N2O4/c1-14(2)27-20-11-9-17(24(25)26)13-18(20)22-23-19-12-16(8-10-21(19)28-22)15-6-4-3-5-7-15/h3-14H,1-2H3. The lowest BCUT2D eigenvalue weighted by atomic mass is 10.1. The first-order valence-electron chi connectivity index (χ1n) is 8.93. The molecule has 28 heavy (non-hydrogen) atoms. The highest BCUT2D eigenvalue weighted by molar-refractivity contribution is 5.83. The summed E-state index contributed by atoms with van der Waals surface area (Å²) in [6.07, 6.45) is -0.0886. The molecule has 1 aromatic heterocycles. The van der Waals surface area contributed by atoms with Crippen molar-refractivity contribution in [2.45, 2.75) is 20.0 Å². The van der Waals surface area contributed by atoms with Crippen LogP contribution in [0.3, 0.4) is 0 Å². The smallest absolute Gasteiger partial charge is 0.270 e. The zero-order valence-corrected chi connectivity index (χ0v) is 15.5. The topological polar surface area (TPSA) is 78.4 Å². The molecule has 0 amide bonds. The highest BCUT2D eigenvalue weighted by Gasteiger charge is 2.19. The predicted molar refractivity (Wildman–Crippen MR) is 107 cm³/mol. The van der Waals surface area contributed by atoms with Crippen molar-refractivity contribution in [2.24, 2.45) is 0 Å². The fourth-order valence-corrected chi connectivity index (χ4v) is 3.01. The van der Waals surface area contributed by atoms with Crippen molar-refractivity contribution < 1.29 is 14.1 Å². The number of nitro benzene ring substituents is 1. The highest BCUT2D eigenvalue weighted by Crippen LogP contribution is 2.36. The van der Waals surface area contributed by atoms with Gasteiger partial charge in [0.15, 0.2) is 5.58 Å². The maximum atomic E-state index is 11.2. The minimum atomic E-state index is -0.446. The van der Waals surface area contributed by atoms with Gasteiger partial charge in [0.25, 0.3) is 5.69 Å². The number of aromatic nitrogens is 1. The second-order valence-electron chi connectivity index (χ2n) is 6.67. The molecule has 0 aliphatic rings. The van der Waals surface area contributed by atoms with E-state index in [1.165, 1.54) is 12.1 Å². The van der Waals surface area contributed by atoms with Gasteiger partial charge >= 0.3 is 0 Å². The molecule has 0 N–H and O–H groups in total. The molecule has 4 aromatic rings. The van der Waals surface area contributed by atoms with Gasteiger partial charge in [0.1, 0.15) is 11.3 Å². The van der Waals surface area contributed by atoms with Crippen molar-refractivity contribution in [2.75, 3.05) is 0 Å². The van der Waals surface area contributed by atoms with Crippen LogP contribution in [0, 0.1) is 10.1 Å². The van der Waals surface area contributed by atoms with Gasteiger partial charge in [0.2, 0.25) is 5.89 Å². The molecule has 0 aliphatic heterocycles. The van der Waals surface area contributed by atoms with Gasteiger partial charge in [-0.2, -0.15) is 0 Å². The van der Waals surface area contributed by atoms with Crippen LogP contribution in [0.25, 0.3) is 33.7 Å². The third-order valence-electron chi connectivity index (χ3n) is 4.26. The van der Waals surface area contributed by atoms with E-state index >= 15 is 0 Å². The number of oxazole rings is 1. The van der Waals surface area contributed by atoms with Gasteiger partial charge < -0.3 is 9.15 Å². The normalized spacial score (nSPS) is 11.1. The molecule has 6 nitrogen and oxygen atoms in total. The summed E-state index contributed by atoms with van der Waals surface area (Å²) in [4.78, 5) is 15.3. The number of hydrogen-bond donors (Lipinski definition) is 0. The summed E-state index contributed by atoms with van der Waals surface area (Å²) in [6, 6.07) is 20.2. The average molecular weight is 374 g/mol. The Morgan fingerprint density at radius 3 is 2.50 bits per heavy atom. The zero-order chi connectivity index (χ0) is 19.7. The Kier molecular flexibility index (Phi) is 4.53. The van der Waals surface area contributed by atoms with Crippen LogP contribution in [-0.2, 0) is 0 Å². The first kappa shape index (κ1) is 17.7. The Bertz CT molecular complexity index is 1150. The van der Waals surface area contributed by atoms with Crippen LogP contribution in [0.5, 0.6) is 5.75 Å². The number of nitro groups is 1. The number of rotatable bonds is 5. The monoisotopic (exact) mass is 374 g/mol. The average Bonchev–Trinajstić information content (AvgIpc) is 3.11. The fourth-order valence-electron chi connectivity index (χ4n) is 3.01. The Labute approximate surface area is 161 Å². The maximum Gasteiger partial charge on any atom is 0.270 e. The molecule has 0 spiro atoms. The van der Waals surface area contributed by atoms with Gasteiger partial charge in [-0.25, -0.2) is 4.98 Å². The quantitative estimate of drug-likeness (QED) is 0.323. The number of ether oxygens (including phenoxy) is 1. The molecule has 0 bridgehead atoms. The van der Waals surface area contributed by atoms with Crippen molar-refractivity contribution in [3.63, 3.8) is 0 Å². The second-order valence-corrected chi connectivity index (χ2v) is 6.67. The molecule has 4 rings (SSSR count). The fraction of sp³-hybridized carbons (Fsp3) is 0.136. The Hall–Kier alpha value is -3.67. The minimum Gasteiger partial charge on any atom is -0.490 e. The van der Waals surface area contributed by atoms with Gasteiger partial charge in [-0.05, 0) is 43.2 Å². The summed E-state index contributed by atoms with van der Waals surface area (Å²) in [7, 11) is 0.